The second-order valence-corrected chi connectivity index (χ2v) is 10.9. The van der Waals surface area contributed by atoms with Crippen molar-refractivity contribution in [3.05, 3.63) is 41.2 Å². The Morgan fingerprint density at radius 1 is 1.24 bits per heavy atom. The van der Waals surface area contributed by atoms with E-state index in [1.54, 1.807) is 0 Å². The molecular weight excluding hydrogens is 450 g/mol. The number of carbonyl (C=O) groups excluding carboxylic acids is 1. The van der Waals surface area contributed by atoms with Crippen LogP contribution in [0.15, 0.2) is 30.6 Å². The van der Waals surface area contributed by atoms with Gasteiger partial charge in [0, 0.05) is 30.3 Å². The summed E-state index contributed by atoms with van der Waals surface area (Å²) < 4.78 is 13.8. The minimum Gasteiger partial charge on any atom is -0.490 e. The van der Waals surface area contributed by atoms with Crippen LogP contribution >= 0.6 is 11.3 Å². The van der Waals surface area contributed by atoms with Crippen LogP contribution in [0.1, 0.15) is 48.5 Å². The van der Waals surface area contributed by atoms with E-state index >= 15 is 0 Å². The molecule has 3 aliphatic rings. The maximum Gasteiger partial charge on any atom is 0.263 e. The molecule has 0 spiro atoms. The van der Waals surface area contributed by atoms with Crippen LogP contribution in [0, 0.1) is 0 Å². The molecule has 178 valence electrons. The SMILES string of the molecule is CC1(C)Cc2nc(N3CCOc4ccc(-c5cnn(CC6CCCCO6)c5)cc43)sc2C(=O)N1. The quantitative estimate of drug-likeness (QED) is 0.605. The van der Waals surface area contributed by atoms with E-state index in [4.69, 9.17) is 14.5 Å². The van der Waals surface area contributed by atoms with Gasteiger partial charge < -0.3 is 19.7 Å². The number of hydrogen-bond donors (Lipinski definition) is 1. The molecular formula is C25H29N5O3S. The van der Waals surface area contributed by atoms with Gasteiger partial charge in [-0.25, -0.2) is 4.98 Å². The number of amides is 1. The molecule has 8 nitrogen and oxygen atoms in total. The number of hydrogen-bond acceptors (Lipinski definition) is 7. The van der Waals surface area contributed by atoms with E-state index in [1.165, 1.54) is 17.8 Å². The molecule has 1 amide bonds. The Labute approximate surface area is 202 Å². The summed E-state index contributed by atoms with van der Waals surface area (Å²) in [7, 11) is 0. The van der Waals surface area contributed by atoms with Crippen LogP contribution in [0.4, 0.5) is 10.8 Å². The van der Waals surface area contributed by atoms with Crippen molar-refractivity contribution >= 4 is 28.1 Å². The lowest BCUT2D eigenvalue weighted by molar-refractivity contribution is 0.00400. The highest BCUT2D eigenvalue weighted by atomic mass is 32.1. The van der Waals surface area contributed by atoms with Gasteiger partial charge in [-0.15, -0.1) is 0 Å². The molecule has 3 aromatic rings. The minimum atomic E-state index is -0.283. The second-order valence-electron chi connectivity index (χ2n) is 9.91. The lowest BCUT2D eigenvalue weighted by atomic mass is 9.94. The molecule has 5 heterocycles. The standard InChI is InChI=1S/C25H29N5O3S/c1-25(2)12-19-22(23(31)28-25)34-24(27-19)30-8-10-33-21-7-6-16(11-20(21)30)17-13-26-29(14-17)15-18-5-3-4-9-32-18/h6-7,11,13-14,18H,3-5,8-10,12,15H2,1-2H3,(H,28,31). The van der Waals surface area contributed by atoms with Crippen LogP contribution < -0.4 is 15.0 Å². The summed E-state index contributed by atoms with van der Waals surface area (Å²) in [6.07, 6.45) is 8.43. The predicted molar refractivity (Wildman–Crippen MR) is 131 cm³/mol. The highest BCUT2D eigenvalue weighted by Gasteiger charge is 2.34. The van der Waals surface area contributed by atoms with Crippen LogP contribution in [0.2, 0.25) is 0 Å². The van der Waals surface area contributed by atoms with Crippen molar-refractivity contribution in [2.75, 3.05) is 24.7 Å². The Bertz CT molecular complexity index is 1230. The van der Waals surface area contributed by atoms with Crippen LogP contribution in [-0.2, 0) is 17.7 Å². The second kappa shape index (κ2) is 8.39. The molecule has 34 heavy (non-hydrogen) atoms. The fraction of sp³-hybridized carbons (Fsp3) is 0.480. The first-order valence-electron chi connectivity index (χ1n) is 12.0. The van der Waals surface area contributed by atoms with Crippen molar-refractivity contribution in [2.45, 2.75) is 57.7 Å². The highest BCUT2D eigenvalue weighted by molar-refractivity contribution is 7.17. The average Bonchev–Trinajstić information content (AvgIpc) is 3.45. The first kappa shape index (κ1) is 21.6. The summed E-state index contributed by atoms with van der Waals surface area (Å²) >= 11 is 1.46. The zero-order valence-electron chi connectivity index (χ0n) is 19.5. The number of carbonyl (C=O) groups is 1. The normalized spacial score (nSPS) is 21.4. The molecule has 0 bridgehead atoms. The molecule has 2 aromatic heterocycles. The molecule has 1 saturated heterocycles. The molecule has 9 heteroatoms. The van der Waals surface area contributed by atoms with Crippen molar-refractivity contribution in [2.24, 2.45) is 0 Å². The number of nitrogens with one attached hydrogen (secondary N) is 1. The Balaban J connectivity index is 1.28. The molecule has 1 aromatic carbocycles. The molecule has 1 N–H and O–H groups in total. The minimum absolute atomic E-state index is 0.0356. The van der Waals surface area contributed by atoms with Gasteiger partial charge >= 0.3 is 0 Å². The average molecular weight is 480 g/mol. The van der Waals surface area contributed by atoms with Gasteiger partial charge in [0.15, 0.2) is 5.13 Å². The van der Waals surface area contributed by atoms with Crippen molar-refractivity contribution in [3.63, 3.8) is 0 Å². The number of ether oxygens (including phenoxy) is 2. The lowest BCUT2D eigenvalue weighted by Gasteiger charge is -2.29. The number of aromatic nitrogens is 3. The number of benzene rings is 1. The first-order chi connectivity index (χ1) is 16.4. The molecule has 3 aliphatic heterocycles. The number of rotatable bonds is 4. The highest BCUT2D eigenvalue weighted by Crippen LogP contribution is 2.42. The summed E-state index contributed by atoms with van der Waals surface area (Å²) in [4.78, 5) is 20.4. The van der Waals surface area contributed by atoms with E-state index in [0.29, 0.717) is 18.0 Å². The van der Waals surface area contributed by atoms with Crippen molar-refractivity contribution < 1.29 is 14.3 Å². The topological polar surface area (TPSA) is 81.5 Å². The third kappa shape index (κ3) is 4.07. The Kier molecular flexibility index (Phi) is 5.33. The molecule has 1 fully saturated rings. The Hall–Kier alpha value is -2.91. The summed E-state index contributed by atoms with van der Waals surface area (Å²) in [6, 6.07) is 6.22. The van der Waals surface area contributed by atoms with Crippen LogP contribution in [0.3, 0.4) is 0 Å². The van der Waals surface area contributed by atoms with E-state index in [1.807, 2.05) is 30.8 Å². The summed E-state index contributed by atoms with van der Waals surface area (Å²) in [5.74, 6) is 0.794. The van der Waals surface area contributed by atoms with E-state index in [0.717, 1.165) is 65.8 Å². The van der Waals surface area contributed by atoms with E-state index in [2.05, 4.69) is 33.6 Å². The van der Waals surface area contributed by atoms with Gasteiger partial charge in [0.2, 0.25) is 0 Å². The molecule has 1 unspecified atom stereocenters. The van der Waals surface area contributed by atoms with Gasteiger partial charge in [-0.2, -0.15) is 5.10 Å². The first-order valence-corrected chi connectivity index (χ1v) is 12.8. The van der Waals surface area contributed by atoms with Gasteiger partial charge in [0.05, 0.1) is 36.8 Å². The molecule has 6 rings (SSSR count). The molecule has 1 atom stereocenters. The molecule has 0 aliphatic carbocycles. The monoisotopic (exact) mass is 479 g/mol. The van der Waals surface area contributed by atoms with Gasteiger partial charge in [-0.05, 0) is 50.8 Å². The van der Waals surface area contributed by atoms with Crippen molar-refractivity contribution in [1.29, 1.82) is 0 Å². The maximum absolute atomic E-state index is 12.6. The molecule has 0 radical (unpaired) electrons. The third-order valence-electron chi connectivity index (χ3n) is 6.64. The van der Waals surface area contributed by atoms with Crippen LogP contribution in [0.5, 0.6) is 5.75 Å². The fourth-order valence-corrected chi connectivity index (χ4v) is 5.96. The van der Waals surface area contributed by atoms with Crippen molar-refractivity contribution in [3.8, 4) is 16.9 Å². The number of fused-ring (bicyclic) bond motifs is 2. The number of anilines is 2. The zero-order chi connectivity index (χ0) is 23.3. The van der Waals surface area contributed by atoms with E-state index in [-0.39, 0.29) is 17.6 Å². The van der Waals surface area contributed by atoms with E-state index < -0.39 is 0 Å². The van der Waals surface area contributed by atoms with Crippen LogP contribution in [-0.4, -0.2) is 52.1 Å². The fourth-order valence-electron chi connectivity index (χ4n) is 4.95. The van der Waals surface area contributed by atoms with Crippen molar-refractivity contribution in [1.82, 2.24) is 20.1 Å². The lowest BCUT2D eigenvalue weighted by Crippen LogP contribution is -2.48. The maximum atomic E-state index is 12.6. The van der Waals surface area contributed by atoms with Gasteiger partial charge in [0.25, 0.3) is 5.91 Å². The summed E-state index contributed by atoms with van der Waals surface area (Å²) in [6.45, 7) is 6.95. The summed E-state index contributed by atoms with van der Waals surface area (Å²) in [5, 5.41) is 8.50. The van der Waals surface area contributed by atoms with Crippen LogP contribution in [0.25, 0.3) is 11.1 Å². The summed E-state index contributed by atoms with van der Waals surface area (Å²) in [5.41, 5.74) is 3.70. The van der Waals surface area contributed by atoms with Gasteiger partial charge in [-0.1, -0.05) is 17.4 Å². The predicted octanol–water partition coefficient (Wildman–Crippen LogP) is 4.17. The smallest absolute Gasteiger partial charge is 0.263 e. The number of nitrogens with zero attached hydrogens (tertiary/aromatic N) is 4. The number of thiazole rings is 1. The van der Waals surface area contributed by atoms with E-state index in [9.17, 15) is 4.79 Å². The third-order valence-corrected chi connectivity index (χ3v) is 7.76. The molecule has 0 saturated carbocycles. The van der Waals surface area contributed by atoms with Gasteiger partial charge in [0.1, 0.15) is 17.2 Å². The Morgan fingerprint density at radius 2 is 2.15 bits per heavy atom. The Morgan fingerprint density at radius 3 is 3.00 bits per heavy atom. The largest absolute Gasteiger partial charge is 0.490 e. The zero-order valence-corrected chi connectivity index (χ0v) is 20.4. The van der Waals surface area contributed by atoms with Gasteiger partial charge in [-0.3, -0.25) is 9.48 Å².